The zero-order chi connectivity index (χ0) is 16.6. The van der Waals surface area contributed by atoms with Crippen molar-refractivity contribution in [3.8, 4) is 0 Å². The van der Waals surface area contributed by atoms with Gasteiger partial charge in [0.05, 0.1) is 16.0 Å². The molecule has 0 atom stereocenters. The number of hydrogen-bond acceptors (Lipinski definition) is 5. The van der Waals surface area contributed by atoms with Crippen molar-refractivity contribution in [1.82, 2.24) is 9.80 Å². The van der Waals surface area contributed by atoms with Crippen LogP contribution in [0.2, 0.25) is 0 Å². The summed E-state index contributed by atoms with van der Waals surface area (Å²) in [5.74, 6) is 1.41. The third-order valence-electron chi connectivity index (χ3n) is 4.72. The van der Waals surface area contributed by atoms with Gasteiger partial charge in [-0.05, 0) is 36.4 Å². The molecule has 2 aliphatic heterocycles. The van der Waals surface area contributed by atoms with Gasteiger partial charge in [0.1, 0.15) is 0 Å². The highest BCUT2D eigenvalue weighted by Crippen LogP contribution is 2.44. The van der Waals surface area contributed by atoms with Gasteiger partial charge in [-0.1, -0.05) is 6.07 Å². The van der Waals surface area contributed by atoms with Crippen molar-refractivity contribution in [3.63, 3.8) is 0 Å². The summed E-state index contributed by atoms with van der Waals surface area (Å²) in [5.41, 5.74) is 0. The highest BCUT2D eigenvalue weighted by Gasteiger charge is 2.47. The fourth-order valence-corrected chi connectivity index (χ4v) is 5.59. The summed E-state index contributed by atoms with van der Waals surface area (Å²) in [6, 6.07) is 7.23. The standard InChI is InChI=1S/C17H18N2O3S2/c20-15(13-3-1-10-22-13)18-7-5-17(6-8-18)19(9-12-24-17)16(21)14-4-2-11-23-14/h1-4,10-11H,5-9,12H2. The van der Waals surface area contributed by atoms with E-state index in [1.165, 1.54) is 17.6 Å². The molecule has 2 aromatic heterocycles. The number of carbonyl (C=O) groups is 2. The SMILES string of the molecule is O=C(c1ccco1)N1CCC2(CC1)SCCN2C(=O)c1cccs1. The lowest BCUT2D eigenvalue weighted by atomic mass is 10.0. The van der Waals surface area contributed by atoms with Gasteiger partial charge in [0.15, 0.2) is 5.76 Å². The largest absolute Gasteiger partial charge is 0.459 e. The summed E-state index contributed by atoms with van der Waals surface area (Å²) in [4.78, 5) is 29.7. The maximum atomic E-state index is 12.8. The van der Waals surface area contributed by atoms with E-state index in [-0.39, 0.29) is 16.7 Å². The monoisotopic (exact) mass is 362 g/mol. The van der Waals surface area contributed by atoms with E-state index in [9.17, 15) is 9.59 Å². The van der Waals surface area contributed by atoms with Crippen LogP contribution in [0.4, 0.5) is 0 Å². The molecule has 7 heteroatoms. The Kier molecular flexibility index (Phi) is 4.14. The molecule has 0 aromatic carbocycles. The molecule has 2 amide bonds. The van der Waals surface area contributed by atoms with E-state index in [2.05, 4.69) is 0 Å². The predicted molar refractivity (Wildman–Crippen MR) is 94.4 cm³/mol. The maximum Gasteiger partial charge on any atom is 0.289 e. The van der Waals surface area contributed by atoms with Crippen molar-refractivity contribution in [3.05, 3.63) is 46.5 Å². The first kappa shape index (κ1) is 15.8. The predicted octanol–water partition coefficient (Wildman–Crippen LogP) is 3.16. The van der Waals surface area contributed by atoms with E-state index < -0.39 is 0 Å². The number of piperidine rings is 1. The van der Waals surface area contributed by atoms with Gasteiger partial charge in [0.25, 0.3) is 11.8 Å². The number of nitrogens with zero attached hydrogens (tertiary/aromatic N) is 2. The molecule has 0 bridgehead atoms. The third-order valence-corrected chi connectivity index (χ3v) is 7.13. The molecule has 4 rings (SSSR count). The Morgan fingerprint density at radius 3 is 2.58 bits per heavy atom. The van der Waals surface area contributed by atoms with Crippen molar-refractivity contribution in [2.24, 2.45) is 0 Å². The second kappa shape index (κ2) is 6.29. The number of carbonyl (C=O) groups excluding carboxylic acids is 2. The van der Waals surface area contributed by atoms with Crippen LogP contribution in [-0.2, 0) is 0 Å². The second-order valence-corrected chi connectivity index (χ2v) is 8.40. The Balaban J connectivity index is 1.47. The highest BCUT2D eigenvalue weighted by molar-refractivity contribution is 8.00. The second-order valence-electron chi connectivity index (χ2n) is 6.00. The summed E-state index contributed by atoms with van der Waals surface area (Å²) in [6.45, 7) is 2.09. The highest BCUT2D eigenvalue weighted by atomic mass is 32.2. The molecule has 2 aromatic rings. The number of rotatable bonds is 2. The Bertz CT molecular complexity index is 719. The maximum absolute atomic E-state index is 12.8. The third kappa shape index (κ3) is 2.65. The van der Waals surface area contributed by atoms with Crippen LogP contribution in [0.3, 0.4) is 0 Å². The van der Waals surface area contributed by atoms with Crippen LogP contribution in [0.5, 0.6) is 0 Å². The van der Waals surface area contributed by atoms with Crippen molar-refractivity contribution < 1.29 is 14.0 Å². The summed E-state index contributed by atoms with van der Waals surface area (Å²) in [7, 11) is 0. The molecule has 2 aliphatic rings. The zero-order valence-corrected chi connectivity index (χ0v) is 14.8. The Morgan fingerprint density at radius 2 is 1.92 bits per heavy atom. The Hall–Kier alpha value is -1.73. The van der Waals surface area contributed by atoms with Crippen molar-refractivity contribution >= 4 is 34.9 Å². The number of thiophene rings is 1. The van der Waals surface area contributed by atoms with Gasteiger partial charge in [-0.25, -0.2) is 0 Å². The molecule has 5 nitrogen and oxygen atoms in total. The van der Waals surface area contributed by atoms with Gasteiger partial charge in [0.2, 0.25) is 0 Å². The summed E-state index contributed by atoms with van der Waals surface area (Å²) in [6.07, 6.45) is 3.13. The molecule has 4 heterocycles. The van der Waals surface area contributed by atoms with Gasteiger partial charge in [-0.2, -0.15) is 0 Å². The topological polar surface area (TPSA) is 53.8 Å². The molecule has 0 aliphatic carbocycles. The van der Waals surface area contributed by atoms with Crippen LogP contribution in [0.1, 0.15) is 33.1 Å². The molecule has 0 radical (unpaired) electrons. The van der Waals surface area contributed by atoms with E-state index in [4.69, 9.17) is 4.42 Å². The number of thioether (sulfide) groups is 1. The van der Waals surface area contributed by atoms with Crippen LogP contribution in [0, 0.1) is 0 Å². The number of hydrogen-bond donors (Lipinski definition) is 0. The van der Waals surface area contributed by atoms with E-state index >= 15 is 0 Å². The average Bonchev–Trinajstić information content (AvgIpc) is 3.36. The number of furan rings is 1. The normalized spacial score (nSPS) is 19.8. The van der Waals surface area contributed by atoms with E-state index in [0.29, 0.717) is 18.8 Å². The molecule has 0 unspecified atom stereocenters. The lowest BCUT2D eigenvalue weighted by Gasteiger charge is -2.43. The smallest absolute Gasteiger partial charge is 0.289 e. The molecule has 0 saturated carbocycles. The molecule has 24 heavy (non-hydrogen) atoms. The minimum Gasteiger partial charge on any atom is -0.459 e. The first-order chi connectivity index (χ1) is 11.7. The molecule has 2 fully saturated rings. The van der Waals surface area contributed by atoms with Crippen LogP contribution in [0.25, 0.3) is 0 Å². The fourth-order valence-electron chi connectivity index (χ4n) is 3.46. The molecule has 126 valence electrons. The first-order valence-electron chi connectivity index (χ1n) is 8.02. The molecule has 1 spiro atoms. The van der Waals surface area contributed by atoms with E-state index in [1.54, 1.807) is 12.1 Å². The zero-order valence-electron chi connectivity index (χ0n) is 13.1. The quantitative estimate of drug-likeness (QED) is 0.823. The van der Waals surface area contributed by atoms with Gasteiger partial charge < -0.3 is 14.2 Å². The Labute approximate surface area is 148 Å². The molecular formula is C17H18N2O3S2. The van der Waals surface area contributed by atoms with Crippen molar-refractivity contribution in [1.29, 1.82) is 0 Å². The lowest BCUT2D eigenvalue weighted by Crippen LogP contribution is -2.53. The fraction of sp³-hybridized carbons (Fsp3) is 0.412. The molecule has 0 N–H and O–H groups in total. The number of amides is 2. The summed E-state index contributed by atoms with van der Waals surface area (Å²) >= 11 is 3.35. The molecule has 2 saturated heterocycles. The van der Waals surface area contributed by atoms with Gasteiger partial charge >= 0.3 is 0 Å². The van der Waals surface area contributed by atoms with Crippen LogP contribution < -0.4 is 0 Å². The Morgan fingerprint density at radius 1 is 1.08 bits per heavy atom. The average molecular weight is 362 g/mol. The van der Waals surface area contributed by atoms with Crippen LogP contribution in [-0.4, -0.2) is 51.9 Å². The number of likely N-dealkylation sites (tertiary alicyclic amines) is 1. The lowest BCUT2D eigenvalue weighted by molar-refractivity contribution is 0.0486. The van der Waals surface area contributed by atoms with Crippen LogP contribution in [0.15, 0.2) is 40.3 Å². The van der Waals surface area contributed by atoms with Crippen LogP contribution >= 0.6 is 23.1 Å². The minimum atomic E-state index is -0.166. The summed E-state index contributed by atoms with van der Waals surface area (Å²) in [5, 5.41) is 1.94. The van der Waals surface area contributed by atoms with Crippen molar-refractivity contribution in [2.45, 2.75) is 17.7 Å². The summed E-state index contributed by atoms with van der Waals surface area (Å²) < 4.78 is 5.21. The van der Waals surface area contributed by atoms with Gasteiger partial charge in [-0.3, -0.25) is 9.59 Å². The minimum absolute atomic E-state index is 0.0611. The van der Waals surface area contributed by atoms with Gasteiger partial charge in [-0.15, -0.1) is 23.1 Å². The van der Waals surface area contributed by atoms with E-state index in [1.807, 2.05) is 39.1 Å². The first-order valence-corrected chi connectivity index (χ1v) is 9.88. The van der Waals surface area contributed by atoms with Crippen molar-refractivity contribution in [2.75, 3.05) is 25.4 Å². The van der Waals surface area contributed by atoms with E-state index in [0.717, 1.165) is 30.0 Å². The van der Waals surface area contributed by atoms with Gasteiger partial charge in [0, 0.05) is 25.4 Å². The molecular weight excluding hydrogens is 344 g/mol.